The molecule has 0 aliphatic carbocycles. The first-order valence-electron chi connectivity index (χ1n) is 2.94. The summed E-state index contributed by atoms with van der Waals surface area (Å²) in [6.07, 6.45) is -0.684. The predicted molar refractivity (Wildman–Crippen MR) is 35.0 cm³/mol. The molecular formula is C6H12NO2. The minimum atomic E-state index is -0.403. The second-order valence-corrected chi connectivity index (χ2v) is 1.75. The van der Waals surface area contributed by atoms with Crippen LogP contribution in [0.15, 0.2) is 0 Å². The average Bonchev–Trinajstić information content (AvgIpc) is 1.63. The Bertz CT molecular complexity index is 91.1. The summed E-state index contributed by atoms with van der Waals surface area (Å²) >= 11 is 0. The molecule has 0 aliphatic heterocycles. The smallest absolute Gasteiger partial charge is 0.407 e. The number of carbonyl (C=O) groups is 1. The molecule has 0 aromatic carbocycles. The molecule has 1 unspecified atom stereocenters. The molecule has 1 radical (unpaired) electrons. The van der Waals surface area contributed by atoms with Gasteiger partial charge in [-0.25, -0.2) is 4.79 Å². The van der Waals surface area contributed by atoms with Crippen LogP contribution in [-0.2, 0) is 4.74 Å². The van der Waals surface area contributed by atoms with Crippen LogP contribution in [0.25, 0.3) is 0 Å². The minimum Gasteiger partial charge on any atom is -0.447 e. The van der Waals surface area contributed by atoms with Gasteiger partial charge in [-0.2, -0.15) is 0 Å². The number of hydrogen-bond acceptors (Lipinski definition) is 2. The first-order chi connectivity index (χ1) is 4.16. The molecule has 9 heavy (non-hydrogen) atoms. The molecule has 0 bridgehead atoms. The summed E-state index contributed by atoms with van der Waals surface area (Å²) in [4.78, 5) is 10.5. The fraction of sp³-hybridized carbons (Fsp3) is 0.667. The summed E-state index contributed by atoms with van der Waals surface area (Å²) in [5.41, 5.74) is 0. The van der Waals surface area contributed by atoms with E-state index in [1.54, 1.807) is 6.92 Å². The largest absolute Gasteiger partial charge is 0.447 e. The third-order valence-electron chi connectivity index (χ3n) is 0.629. The fourth-order valence-electron chi connectivity index (χ4n) is 0.369. The first kappa shape index (κ1) is 8.27. The van der Waals surface area contributed by atoms with Crippen LogP contribution >= 0.6 is 0 Å². The monoisotopic (exact) mass is 130 g/mol. The number of amides is 1. The van der Waals surface area contributed by atoms with E-state index in [-0.39, 0.29) is 6.10 Å². The summed E-state index contributed by atoms with van der Waals surface area (Å²) in [6, 6.07) is 0. The molecule has 53 valence electrons. The zero-order valence-corrected chi connectivity index (χ0v) is 5.81. The van der Waals surface area contributed by atoms with Crippen molar-refractivity contribution < 1.29 is 9.53 Å². The van der Waals surface area contributed by atoms with Crippen LogP contribution in [0.4, 0.5) is 4.79 Å². The van der Waals surface area contributed by atoms with Crippen molar-refractivity contribution >= 4 is 6.09 Å². The second kappa shape index (κ2) is 4.18. The highest BCUT2D eigenvalue weighted by atomic mass is 16.6. The van der Waals surface area contributed by atoms with E-state index in [1.807, 2.05) is 6.92 Å². The lowest BCUT2D eigenvalue weighted by Gasteiger charge is -2.06. The van der Waals surface area contributed by atoms with E-state index in [4.69, 9.17) is 0 Å². The molecular weight excluding hydrogens is 118 g/mol. The third-order valence-corrected chi connectivity index (χ3v) is 0.629. The van der Waals surface area contributed by atoms with Gasteiger partial charge in [0, 0.05) is 6.54 Å². The first-order valence-corrected chi connectivity index (χ1v) is 2.94. The number of hydrogen-bond donors (Lipinski definition) is 1. The van der Waals surface area contributed by atoms with Crippen molar-refractivity contribution in [1.29, 1.82) is 0 Å². The van der Waals surface area contributed by atoms with Crippen LogP contribution in [0.1, 0.15) is 13.8 Å². The van der Waals surface area contributed by atoms with E-state index in [1.165, 1.54) is 0 Å². The zero-order chi connectivity index (χ0) is 7.28. The van der Waals surface area contributed by atoms with E-state index in [0.29, 0.717) is 6.54 Å². The second-order valence-electron chi connectivity index (χ2n) is 1.75. The molecule has 0 aromatic rings. The van der Waals surface area contributed by atoms with Gasteiger partial charge in [-0.1, -0.05) is 0 Å². The SMILES string of the molecule is [CH2]C(C)OC(=O)NCC. The Morgan fingerprint density at radius 3 is 2.78 bits per heavy atom. The van der Waals surface area contributed by atoms with Gasteiger partial charge in [-0.05, 0) is 20.8 Å². The molecule has 0 fully saturated rings. The molecule has 0 heterocycles. The lowest BCUT2D eigenvalue weighted by atomic mass is 10.5. The van der Waals surface area contributed by atoms with Crippen LogP contribution in [0.2, 0.25) is 0 Å². The van der Waals surface area contributed by atoms with Gasteiger partial charge in [0.1, 0.15) is 6.10 Å². The lowest BCUT2D eigenvalue weighted by Crippen LogP contribution is -2.26. The molecule has 0 aromatic heterocycles. The summed E-state index contributed by atoms with van der Waals surface area (Å²) in [5, 5.41) is 2.48. The Morgan fingerprint density at radius 1 is 1.89 bits per heavy atom. The van der Waals surface area contributed by atoms with Crippen LogP contribution in [0.5, 0.6) is 0 Å². The van der Waals surface area contributed by atoms with Crippen molar-refractivity contribution in [3.8, 4) is 0 Å². The molecule has 0 saturated heterocycles. The highest BCUT2D eigenvalue weighted by Crippen LogP contribution is 1.85. The van der Waals surface area contributed by atoms with Gasteiger partial charge in [-0.3, -0.25) is 0 Å². The summed E-state index contributed by atoms with van der Waals surface area (Å²) in [6.45, 7) is 7.60. The molecule has 3 nitrogen and oxygen atoms in total. The van der Waals surface area contributed by atoms with Gasteiger partial charge in [-0.15, -0.1) is 0 Å². The molecule has 3 heteroatoms. The molecule has 1 N–H and O–H groups in total. The van der Waals surface area contributed by atoms with Crippen molar-refractivity contribution in [2.45, 2.75) is 20.0 Å². The number of rotatable bonds is 2. The topological polar surface area (TPSA) is 38.3 Å². The Hall–Kier alpha value is -0.730. The molecule has 0 spiro atoms. The van der Waals surface area contributed by atoms with E-state index in [9.17, 15) is 4.79 Å². The van der Waals surface area contributed by atoms with Gasteiger partial charge >= 0.3 is 6.09 Å². The standard InChI is InChI=1S/C6H12NO2/c1-4-7-6(8)9-5(2)3/h5H,2,4H2,1,3H3,(H,7,8). The highest BCUT2D eigenvalue weighted by Gasteiger charge is 2.00. The summed E-state index contributed by atoms with van der Waals surface area (Å²) in [7, 11) is 0. The van der Waals surface area contributed by atoms with Crippen LogP contribution in [-0.4, -0.2) is 18.7 Å². The minimum absolute atomic E-state index is 0.281. The lowest BCUT2D eigenvalue weighted by molar-refractivity contribution is 0.126. The number of carbonyl (C=O) groups excluding carboxylic acids is 1. The van der Waals surface area contributed by atoms with Crippen molar-refractivity contribution in [2.24, 2.45) is 0 Å². The predicted octanol–water partition coefficient (Wildman–Crippen LogP) is 0.955. The van der Waals surface area contributed by atoms with E-state index >= 15 is 0 Å². The van der Waals surface area contributed by atoms with E-state index in [0.717, 1.165) is 0 Å². The van der Waals surface area contributed by atoms with Crippen molar-refractivity contribution in [2.75, 3.05) is 6.54 Å². The molecule has 1 amide bonds. The van der Waals surface area contributed by atoms with Gasteiger partial charge in [0.15, 0.2) is 0 Å². The Morgan fingerprint density at radius 2 is 2.44 bits per heavy atom. The quantitative estimate of drug-likeness (QED) is 0.604. The van der Waals surface area contributed by atoms with Crippen molar-refractivity contribution in [3.05, 3.63) is 6.92 Å². The van der Waals surface area contributed by atoms with Crippen LogP contribution in [0, 0.1) is 6.92 Å². The Kier molecular flexibility index (Phi) is 3.84. The van der Waals surface area contributed by atoms with Crippen LogP contribution < -0.4 is 5.32 Å². The number of ether oxygens (including phenoxy) is 1. The fourth-order valence-corrected chi connectivity index (χ4v) is 0.369. The molecule has 0 saturated carbocycles. The number of nitrogens with one attached hydrogen (secondary N) is 1. The average molecular weight is 130 g/mol. The van der Waals surface area contributed by atoms with Gasteiger partial charge in [0.2, 0.25) is 0 Å². The Balaban J connectivity index is 3.27. The molecule has 0 rings (SSSR count). The maximum Gasteiger partial charge on any atom is 0.407 e. The summed E-state index contributed by atoms with van der Waals surface area (Å²) in [5.74, 6) is 0. The van der Waals surface area contributed by atoms with Crippen LogP contribution in [0.3, 0.4) is 0 Å². The Labute approximate surface area is 55.4 Å². The molecule has 1 atom stereocenters. The molecule has 0 aliphatic rings. The van der Waals surface area contributed by atoms with Gasteiger partial charge in [0.25, 0.3) is 0 Å². The van der Waals surface area contributed by atoms with E-state index < -0.39 is 6.09 Å². The third kappa shape index (κ3) is 5.14. The van der Waals surface area contributed by atoms with Crippen molar-refractivity contribution in [1.82, 2.24) is 5.32 Å². The van der Waals surface area contributed by atoms with E-state index in [2.05, 4.69) is 17.0 Å². The van der Waals surface area contributed by atoms with Gasteiger partial charge < -0.3 is 10.1 Å². The van der Waals surface area contributed by atoms with Crippen molar-refractivity contribution in [3.63, 3.8) is 0 Å². The maximum absolute atomic E-state index is 10.5. The maximum atomic E-state index is 10.5. The van der Waals surface area contributed by atoms with Gasteiger partial charge in [0.05, 0.1) is 0 Å². The normalized spacial score (nSPS) is 9.33. The number of alkyl carbamates (subject to hydrolysis) is 1. The zero-order valence-electron chi connectivity index (χ0n) is 5.81. The summed E-state index contributed by atoms with van der Waals surface area (Å²) < 4.78 is 4.63. The highest BCUT2D eigenvalue weighted by molar-refractivity contribution is 5.67.